The minimum atomic E-state index is 0.489. The molecule has 0 aliphatic carbocycles. The number of aromatic nitrogens is 5. The molecule has 0 atom stereocenters. The van der Waals surface area contributed by atoms with Gasteiger partial charge in [-0.05, 0) is 24.3 Å². The topological polar surface area (TPSA) is 88.1 Å². The summed E-state index contributed by atoms with van der Waals surface area (Å²) in [5, 5.41) is 13.6. The molecule has 4 rings (SSSR count). The van der Waals surface area contributed by atoms with Crippen LogP contribution in [0.15, 0.2) is 64.3 Å². The molecule has 0 aliphatic rings. The Labute approximate surface area is 178 Å². The van der Waals surface area contributed by atoms with Crippen LogP contribution in [0.4, 0.5) is 0 Å². The summed E-state index contributed by atoms with van der Waals surface area (Å²) in [5.74, 6) is 3.14. The van der Waals surface area contributed by atoms with Crippen LogP contribution >= 0.6 is 11.8 Å². The Hall–Kier alpha value is -3.17. The molecular weight excluding hydrogens is 402 g/mol. The van der Waals surface area contributed by atoms with Gasteiger partial charge in [0, 0.05) is 18.2 Å². The predicted octanol–water partition coefficient (Wildman–Crippen LogP) is 3.94. The number of benzene rings is 2. The van der Waals surface area contributed by atoms with Gasteiger partial charge in [0.25, 0.3) is 0 Å². The van der Waals surface area contributed by atoms with Gasteiger partial charge in [0.1, 0.15) is 5.75 Å². The Morgan fingerprint density at radius 1 is 0.967 bits per heavy atom. The van der Waals surface area contributed by atoms with E-state index in [1.54, 1.807) is 14.2 Å². The van der Waals surface area contributed by atoms with E-state index >= 15 is 0 Å². The van der Waals surface area contributed by atoms with Crippen molar-refractivity contribution in [2.24, 2.45) is 0 Å². The summed E-state index contributed by atoms with van der Waals surface area (Å²) in [6.45, 7) is 1.21. The number of thioether (sulfide) groups is 1. The molecule has 2 aromatic carbocycles. The maximum Gasteiger partial charge on any atom is 0.237 e. The standard InChI is InChI=1S/C21H21N5O3S/c1-27-13-12-26-20(16-6-4-3-5-7-16)23-24-21(26)30-14-18-22-19(25-29-18)15-8-10-17(28-2)11-9-15/h3-11H,12-14H2,1-2H3. The second kappa shape index (κ2) is 9.55. The molecule has 0 radical (unpaired) electrons. The average Bonchev–Trinajstić information content (AvgIpc) is 3.44. The highest BCUT2D eigenvalue weighted by Gasteiger charge is 2.16. The second-order valence-corrected chi connectivity index (χ2v) is 7.29. The molecular formula is C21H21N5O3S. The van der Waals surface area contributed by atoms with Crippen molar-refractivity contribution in [2.75, 3.05) is 20.8 Å². The monoisotopic (exact) mass is 423 g/mol. The highest BCUT2D eigenvalue weighted by Crippen LogP contribution is 2.27. The Morgan fingerprint density at radius 2 is 1.77 bits per heavy atom. The van der Waals surface area contributed by atoms with E-state index < -0.39 is 0 Å². The summed E-state index contributed by atoms with van der Waals surface area (Å²) >= 11 is 1.50. The predicted molar refractivity (Wildman–Crippen MR) is 113 cm³/mol. The molecule has 9 heteroatoms. The van der Waals surface area contributed by atoms with E-state index in [0.717, 1.165) is 27.9 Å². The van der Waals surface area contributed by atoms with Crippen molar-refractivity contribution in [1.29, 1.82) is 0 Å². The minimum Gasteiger partial charge on any atom is -0.497 e. The summed E-state index contributed by atoms with van der Waals surface area (Å²) in [6.07, 6.45) is 0. The van der Waals surface area contributed by atoms with Crippen LogP contribution in [0.25, 0.3) is 22.8 Å². The summed E-state index contributed by atoms with van der Waals surface area (Å²) in [5.41, 5.74) is 1.87. The van der Waals surface area contributed by atoms with E-state index in [0.29, 0.717) is 30.6 Å². The largest absolute Gasteiger partial charge is 0.497 e. The molecule has 0 aliphatic heterocycles. The lowest BCUT2D eigenvalue weighted by Crippen LogP contribution is -2.07. The summed E-state index contributed by atoms with van der Waals surface area (Å²) in [4.78, 5) is 4.49. The van der Waals surface area contributed by atoms with Gasteiger partial charge in [0.2, 0.25) is 11.7 Å². The first-order valence-electron chi connectivity index (χ1n) is 9.36. The Morgan fingerprint density at radius 3 is 2.50 bits per heavy atom. The fourth-order valence-corrected chi connectivity index (χ4v) is 3.68. The molecule has 30 heavy (non-hydrogen) atoms. The summed E-state index contributed by atoms with van der Waals surface area (Å²) in [7, 11) is 3.31. The van der Waals surface area contributed by atoms with Gasteiger partial charge in [-0.2, -0.15) is 4.98 Å². The normalized spacial score (nSPS) is 11.0. The third-order valence-corrected chi connectivity index (χ3v) is 5.36. The van der Waals surface area contributed by atoms with Crippen LogP contribution in [0.2, 0.25) is 0 Å². The number of nitrogens with zero attached hydrogens (tertiary/aromatic N) is 5. The molecule has 2 aromatic heterocycles. The van der Waals surface area contributed by atoms with Crippen molar-refractivity contribution in [2.45, 2.75) is 17.5 Å². The van der Waals surface area contributed by atoms with Crippen molar-refractivity contribution in [1.82, 2.24) is 24.9 Å². The first-order chi connectivity index (χ1) is 14.8. The SMILES string of the molecule is COCCn1c(SCc2nc(-c3ccc(OC)cc3)no2)nnc1-c1ccccc1. The van der Waals surface area contributed by atoms with Crippen LogP contribution < -0.4 is 4.74 Å². The van der Waals surface area contributed by atoms with Gasteiger partial charge in [-0.3, -0.25) is 4.57 Å². The van der Waals surface area contributed by atoms with Crippen molar-refractivity contribution in [3.8, 4) is 28.5 Å². The van der Waals surface area contributed by atoms with Gasteiger partial charge in [0.05, 0.1) is 26.0 Å². The Kier molecular flexibility index (Phi) is 6.41. The molecule has 0 saturated carbocycles. The number of hydrogen-bond donors (Lipinski definition) is 0. The molecule has 0 N–H and O–H groups in total. The van der Waals surface area contributed by atoms with E-state index in [-0.39, 0.29) is 0 Å². The zero-order chi connectivity index (χ0) is 20.8. The van der Waals surface area contributed by atoms with Crippen molar-refractivity contribution < 1.29 is 14.0 Å². The number of methoxy groups -OCH3 is 2. The quantitative estimate of drug-likeness (QED) is 0.374. The Bertz CT molecular complexity index is 1080. The van der Waals surface area contributed by atoms with Gasteiger partial charge in [-0.1, -0.05) is 47.3 Å². The van der Waals surface area contributed by atoms with E-state index in [2.05, 4.69) is 20.3 Å². The van der Waals surface area contributed by atoms with Crippen LogP contribution in [-0.2, 0) is 17.0 Å². The lowest BCUT2D eigenvalue weighted by molar-refractivity contribution is 0.185. The maximum absolute atomic E-state index is 5.41. The maximum atomic E-state index is 5.41. The lowest BCUT2D eigenvalue weighted by atomic mass is 10.2. The van der Waals surface area contributed by atoms with Gasteiger partial charge in [0.15, 0.2) is 11.0 Å². The van der Waals surface area contributed by atoms with Crippen molar-refractivity contribution in [3.05, 3.63) is 60.5 Å². The van der Waals surface area contributed by atoms with E-state index in [1.807, 2.05) is 59.2 Å². The van der Waals surface area contributed by atoms with Gasteiger partial charge < -0.3 is 14.0 Å². The van der Waals surface area contributed by atoms with E-state index in [1.165, 1.54) is 11.8 Å². The molecule has 0 spiro atoms. The molecule has 0 saturated heterocycles. The first-order valence-corrected chi connectivity index (χ1v) is 10.3. The fraction of sp³-hybridized carbons (Fsp3) is 0.238. The van der Waals surface area contributed by atoms with Gasteiger partial charge >= 0.3 is 0 Å². The number of ether oxygens (including phenoxy) is 2. The molecule has 0 amide bonds. The van der Waals surface area contributed by atoms with Crippen LogP contribution in [0.3, 0.4) is 0 Å². The summed E-state index contributed by atoms with van der Waals surface area (Å²) in [6, 6.07) is 17.5. The number of hydrogen-bond acceptors (Lipinski definition) is 8. The third kappa shape index (κ3) is 4.52. The van der Waals surface area contributed by atoms with Crippen LogP contribution in [0.1, 0.15) is 5.89 Å². The zero-order valence-corrected chi connectivity index (χ0v) is 17.5. The van der Waals surface area contributed by atoms with Gasteiger partial charge in [-0.25, -0.2) is 0 Å². The minimum absolute atomic E-state index is 0.489. The fourth-order valence-electron chi connectivity index (χ4n) is 2.88. The van der Waals surface area contributed by atoms with E-state index in [9.17, 15) is 0 Å². The first kappa shape index (κ1) is 20.1. The molecule has 0 bridgehead atoms. The zero-order valence-electron chi connectivity index (χ0n) is 16.7. The van der Waals surface area contributed by atoms with Crippen LogP contribution in [0, 0.1) is 0 Å². The Balaban J connectivity index is 1.49. The average molecular weight is 423 g/mol. The van der Waals surface area contributed by atoms with E-state index in [4.69, 9.17) is 14.0 Å². The molecule has 2 heterocycles. The molecule has 0 unspecified atom stereocenters. The molecule has 0 fully saturated rings. The molecule has 8 nitrogen and oxygen atoms in total. The molecule has 154 valence electrons. The highest BCUT2D eigenvalue weighted by molar-refractivity contribution is 7.98. The second-order valence-electron chi connectivity index (χ2n) is 6.35. The summed E-state index contributed by atoms with van der Waals surface area (Å²) < 4.78 is 17.9. The number of rotatable bonds is 9. The van der Waals surface area contributed by atoms with Crippen LogP contribution in [0.5, 0.6) is 5.75 Å². The van der Waals surface area contributed by atoms with Crippen molar-refractivity contribution >= 4 is 11.8 Å². The third-order valence-electron chi connectivity index (χ3n) is 4.41. The van der Waals surface area contributed by atoms with Crippen LogP contribution in [-0.4, -0.2) is 45.7 Å². The lowest BCUT2D eigenvalue weighted by Gasteiger charge is -2.09. The highest BCUT2D eigenvalue weighted by atomic mass is 32.2. The smallest absolute Gasteiger partial charge is 0.237 e. The molecule has 4 aromatic rings. The van der Waals surface area contributed by atoms with Gasteiger partial charge in [-0.15, -0.1) is 10.2 Å². The van der Waals surface area contributed by atoms with Crippen molar-refractivity contribution in [3.63, 3.8) is 0 Å².